The lowest BCUT2D eigenvalue weighted by atomic mass is 9.87. The minimum absolute atomic E-state index is 0.0110. The third kappa shape index (κ3) is 6.62. The Morgan fingerprint density at radius 2 is 2.10 bits per heavy atom. The van der Waals surface area contributed by atoms with Crippen molar-refractivity contribution in [3.05, 3.63) is 11.6 Å². The Balaban J connectivity index is 2.15. The maximum atomic E-state index is 11.8. The van der Waals surface area contributed by atoms with Gasteiger partial charge in [-0.3, -0.25) is 9.69 Å². The van der Waals surface area contributed by atoms with Crippen molar-refractivity contribution in [1.82, 2.24) is 10.2 Å². The third-order valence-electron chi connectivity index (χ3n) is 4.41. The minimum Gasteiger partial charge on any atom is -0.395 e. The molecule has 0 aromatic rings. The highest BCUT2D eigenvalue weighted by molar-refractivity contribution is 5.88. The van der Waals surface area contributed by atoms with Gasteiger partial charge in [0, 0.05) is 18.7 Å². The van der Waals surface area contributed by atoms with Gasteiger partial charge >= 0.3 is 0 Å². The number of nitrogens with one attached hydrogen (secondary N) is 1. The Morgan fingerprint density at radius 3 is 2.71 bits per heavy atom. The topological polar surface area (TPSA) is 52.6 Å². The Labute approximate surface area is 129 Å². The van der Waals surface area contributed by atoms with Crippen molar-refractivity contribution in [2.45, 2.75) is 59.4 Å². The summed E-state index contributed by atoms with van der Waals surface area (Å²) in [7, 11) is 0. The van der Waals surface area contributed by atoms with Crippen LogP contribution in [-0.4, -0.2) is 48.2 Å². The summed E-state index contributed by atoms with van der Waals surface area (Å²) in [5.41, 5.74) is 1.15. The molecule has 1 atom stereocenters. The predicted octanol–water partition coefficient (Wildman–Crippen LogP) is 2.33. The maximum Gasteiger partial charge on any atom is 0.243 e. The second kappa shape index (κ2) is 8.54. The van der Waals surface area contributed by atoms with Crippen LogP contribution >= 0.6 is 0 Å². The summed E-state index contributed by atoms with van der Waals surface area (Å²) >= 11 is 0. The number of aliphatic hydroxyl groups excluding tert-OH is 1. The van der Waals surface area contributed by atoms with Crippen LogP contribution in [0.25, 0.3) is 0 Å². The van der Waals surface area contributed by atoms with Gasteiger partial charge in [-0.05, 0) is 51.1 Å². The quantitative estimate of drug-likeness (QED) is 0.560. The minimum atomic E-state index is 0.0110. The third-order valence-corrected chi connectivity index (χ3v) is 4.41. The number of amides is 1. The molecule has 21 heavy (non-hydrogen) atoms. The van der Waals surface area contributed by atoms with E-state index in [1.807, 2.05) is 6.92 Å². The van der Waals surface area contributed by atoms with Crippen LogP contribution in [0.2, 0.25) is 0 Å². The molecule has 1 heterocycles. The molecule has 0 aromatic carbocycles. The van der Waals surface area contributed by atoms with E-state index in [9.17, 15) is 9.90 Å². The van der Waals surface area contributed by atoms with Crippen molar-refractivity contribution in [3.8, 4) is 0 Å². The number of hydrogen-bond acceptors (Lipinski definition) is 3. The van der Waals surface area contributed by atoms with Crippen molar-refractivity contribution in [2.24, 2.45) is 5.41 Å². The molecule has 0 bridgehead atoms. The van der Waals surface area contributed by atoms with E-state index in [1.165, 1.54) is 6.42 Å². The normalized spacial score (nSPS) is 20.8. The fraction of sp³-hybridized carbons (Fsp3) is 0.824. The highest BCUT2D eigenvalue weighted by Crippen LogP contribution is 2.23. The smallest absolute Gasteiger partial charge is 0.243 e. The number of unbranched alkanes of at least 4 members (excludes halogenated alkanes) is 1. The molecule has 0 radical (unpaired) electrons. The van der Waals surface area contributed by atoms with E-state index in [0.29, 0.717) is 6.04 Å². The molecule has 2 N–H and O–H groups in total. The first-order valence-electron chi connectivity index (χ1n) is 8.16. The van der Waals surface area contributed by atoms with E-state index in [0.717, 1.165) is 44.5 Å². The Morgan fingerprint density at radius 1 is 1.38 bits per heavy atom. The van der Waals surface area contributed by atoms with Gasteiger partial charge in [0.25, 0.3) is 0 Å². The van der Waals surface area contributed by atoms with E-state index in [4.69, 9.17) is 0 Å². The zero-order valence-electron chi connectivity index (χ0n) is 14.1. The maximum absolute atomic E-state index is 11.8. The van der Waals surface area contributed by atoms with Crippen molar-refractivity contribution in [3.63, 3.8) is 0 Å². The Kier molecular flexibility index (Phi) is 7.40. The summed E-state index contributed by atoms with van der Waals surface area (Å²) in [6, 6.07) is 0.358. The van der Waals surface area contributed by atoms with Crippen LogP contribution in [0.1, 0.15) is 53.4 Å². The number of carbonyl (C=O) groups is 1. The Hall–Kier alpha value is -0.870. The predicted molar refractivity (Wildman–Crippen MR) is 87.1 cm³/mol. The number of aliphatic hydroxyl groups is 1. The lowest BCUT2D eigenvalue weighted by Gasteiger charge is -2.22. The lowest BCUT2D eigenvalue weighted by molar-refractivity contribution is -0.116. The van der Waals surface area contributed by atoms with Crippen molar-refractivity contribution in [1.29, 1.82) is 0 Å². The molecule has 1 unspecified atom stereocenters. The van der Waals surface area contributed by atoms with Gasteiger partial charge in [-0.25, -0.2) is 0 Å². The molecule has 1 aliphatic heterocycles. The summed E-state index contributed by atoms with van der Waals surface area (Å²) in [6.45, 7) is 11.5. The second-order valence-corrected chi connectivity index (χ2v) is 7.09. The monoisotopic (exact) mass is 296 g/mol. The zero-order chi connectivity index (χ0) is 15.9. The number of allylic oxidation sites excluding steroid dienone is 1. The van der Waals surface area contributed by atoms with Crippen LogP contribution in [0, 0.1) is 5.41 Å². The standard InChI is InChI=1S/C17H32N2O2/c1-14(17(2,3)4)12-16(21)18-9-5-6-10-19-11-7-8-15(19)13-20/h12,15,20H,5-11,13H2,1-4H3,(H,18,21). The summed E-state index contributed by atoms with van der Waals surface area (Å²) in [6.07, 6.45) is 6.08. The van der Waals surface area contributed by atoms with Gasteiger partial charge in [-0.15, -0.1) is 0 Å². The van der Waals surface area contributed by atoms with Crippen LogP contribution < -0.4 is 5.32 Å². The summed E-state index contributed by atoms with van der Waals surface area (Å²) in [5.74, 6) is 0.0110. The van der Waals surface area contributed by atoms with E-state index in [-0.39, 0.29) is 17.9 Å². The highest BCUT2D eigenvalue weighted by Gasteiger charge is 2.22. The van der Waals surface area contributed by atoms with E-state index >= 15 is 0 Å². The molecule has 122 valence electrons. The van der Waals surface area contributed by atoms with Crippen LogP contribution in [0.4, 0.5) is 0 Å². The molecule has 0 aromatic heterocycles. The molecular weight excluding hydrogens is 264 g/mol. The molecule has 1 amide bonds. The first-order valence-corrected chi connectivity index (χ1v) is 8.16. The molecular formula is C17H32N2O2. The number of rotatable bonds is 7. The van der Waals surface area contributed by atoms with Gasteiger partial charge < -0.3 is 10.4 Å². The van der Waals surface area contributed by atoms with Gasteiger partial charge in [0.05, 0.1) is 6.61 Å². The van der Waals surface area contributed by atoms with Crippen LogP contribution in [-0.2, 0) is 4.79 Å². The second-order valence-electron chi connectivity index (χ2n) is 7.09. The SMILES string of the molecule is CC(=CC(=O)NCCCCN1CCCC1CO)C(C)(C)C. The first kappa shape index (κ1) is 18.2. The van der Waals surface area contributed by atoms with E-state index in [2.05, 4.69) is 31.0 Å². The number of nitrogens with zero attached hydrogens (tertiary/aromatic N) is 1. The lowest BCUT2D eigenvalue weighted by Crippen LogP contribution is -2.33. The summed E-state index contributed by atoms with van der Waals surface area (Å²) in [5, 5.41) is 12.2. The van der Waals surface area contributed by atoms with Crippen molar-refractivity contribution in [2.75, 3.05) is 26.2 Å². The van der Waals surface area contributed by atoms with Gasteiger partial charge in [0.2, 0.25) is 5.91 Å². The number of hydrogen-bond donors (Lipinski definition) is 2. The average Bonchev–Trinajstić information content (AvgIpc) is 2.84. The molecule has 0 spiro atoms. The van der Waals surface area contributed by atoms with Gasteiger partial charge in [-0.2, -0.15) is 0 Å². The average molecular weight is 296 g/mol. The summed E-state index contributed by atoms with van der Waals surface area (Å²) < 4.78 is 0. The zero-order valence-corrected chi connectivity index (χ0v) is 14.1. The molecule has 1 rings (SSSR count). The Bertz CT molecular complexity index is 358. The first-order chi connectivity index (χ1) is 9.84. The van der Waals surface area contributed by atoms with E-state index < -0.39 is 0 Å². The van der Waals surface area contributed by atoms with Crippen molar-refractivity contribution >= 4 is 5.91 Å². The van der Waals surface area contributed by atoms with Crippen LogP contribution in [0.5, 0.6) is 0 Å². The molecule has 1 fully saturated rings. The van der Waals surface area contributed by atoms with Gasteiger partial charge in [0.15, 0.2) is 0 Å². The fourth-order valence-corrected chi connectivity index (χ4v) is 2.51. The molecule has 0 saturated carbocycles. The molecule has 1 saturated heterocycles. The number of likely N-dealkylation sites (tertiary alicyclic amines) is 1. The van der Waals surface area contributed by atoms with Crippen molar-refractivity contribution < 1.29 is 9.90 Å². The van der Waals surface area contributed by atoms with E-state index in [1.54, 1.807) is 6.08 Å². The van der Waals surface area contributed by atoms with Gasteiger partial charge in [-0.1, -0.05) is 26.3 Å². The molecule has 4 nitrogen and oxygen atoms in total. The molecule has 4 heteroatoms. The van der Waals surface area contributed by atoms with Crippen LogP contribution in [0.15, 0.2) is 11.6 Å². The summed E-state index contributed by atoms with van der Waals surface area (Å²) in [4.78, 5) is 14.2. The molecule has 1 aliphatic rings. The van der Waals surface area contributed by atoms with Gasteiger partial charge in [0.1, 0.15) is 0 Å². The molecule has 0 aliphatic carbocycles. The highest BCUT2D eigenvalue weighted by atomic mass is 16.3. The fourth-order valence-electron chi connectivity index (χ4n) is 2.51. The number of carbonyl (C=O) groups excluding carboxylic acids is 1. The van der Waals surface area contributed by atoms with Crippen LogP contribution in [0.3, 0.4) is 0 Å². The largest absolute Gasteiger partial charge is 0.395 e.